The molecule has 1 aromatic heterocycles. The van der Waals surface area contributed by atoms with Gasteiger partial charge in [0.2, 0.25) is 5.91 Å². The van der Waals surface area contributed by atoms with Crippen LogP contribution in [-0.4, -0.2) is 23.0 Å². The van der Waals surface area contributed by atoms with Crippen LogP contribution in [0, 0.1) is 19.8 Å². The monoisotopic (exact) mass is 301 g/mol. The maximum atomic E-state index is 12.1. The van der Waals surface area contributed by atoms with Gasteiger partial charge in [-0.1, -0.05) is 0 Å². The Morgan fingerprint density at radius 2 is 1.95 bits per heavy atom. The molecule has 22 heavy (non-hydrogen) atoms. The summed E-state index contributed by atoms with van der Waals surface area (Å²) in [7, 11) is 0. The third-order valence-corrected chi connectivity index (χ3v) is 4.47. The van der Waals surface area contributed by atoms with Gasteiger partial charge >= 0.3 is 5.97 Å². The molecule has 3 rings (SSSR count). The normalized spacial score (nSPS) is 20.6. The summed E-state index contributed by atoms with van der Waals surface area (Å²) in [5.74, 6) is -1.18. The number of carboxylic acid groups (broad SMARTS) is 1. The second-order valence-corrected chi connectivity index (χ2v) is 6.14. The second-order valence-electron chi connectivity index (χ2n) is 6.14. The number of aliphatic carboxylic acids is 1. The molecule has 1 aromatic carbocycles. The van der Waals surface area contributed by atoms with Gasteiger partial charge in [0.05, 0.1) is 18.6 Å². The summed E-state index contributed by atoms with van der Waals surface area (Å²) >= 11 is 0. The van der Waals surface area contributed by atoms with Crippen LogP contribution in [0.25, 0.3) is 11.0 Å². The zero-order chi connectivity index (χ0) is 15.9. The Hall–Kier alpha value is -2.30. The standard InChI is InChI=1S/C17H19NO4/c1-9-3-14-12(8-22-15(14)4-10(9)2)7-16(19)18-13-5-11(6-13)17(20)21/h3-4,8,11,13H,5-7H2,1-2H3,(H,18,19)(H,20,21). The van der Waals surface area contributed by atoms with Gasteiger partial charge in [0.15, 0.2) is 0 Å². The van der Waals surface area contributed by atoms with Crippen molar-refractivity contribution in [1.82, 2.24) is 5.32 Å². The van der Waals surface area contributed by atoms with Crippen molar-refractivity contribution >= 4 is 22.8 Å². The quantitative estimate of drug-likeness (QED) is 0.909. The van der Waals surface area contributed by atoms with Crippen LogP contribution in [0.4, 0.5) is 0 Å². The van der Waals surface area contributed by atoms with E-state index in [0.717, 1.165) is 22.1 Å². The molecule has 1 amide bonds. The molecule has 0 atom stereocenters. The van der Waals surface area contributed by atoms with E-state index in [-0.39, 0.29) is 24.3 Å². The van der Waals surface area contributed by atoms with Crippen LogP contribution in [0.15, 0.2) is 22.8 Å². The number of benzene rings is 1. The van der Waals surface area contributed by atoms with Gasteiger partial charge in [-0.15, -0.1) is 0 Å². The van der Waals surface area contributed by atoms with Crippen LogP contribution in [0.2, 0.25) is 0 Å². The lowest BCUT2D eigenvalue weighted by Crippen LogP contribution is -2.47. The molecule has 5 heteroatoms. The van der Waals surface area contributed by atoms with Crippen LogP contribution >= 0.6 is 0 Å². The van der Waals surface area contributed by atoms with E-state index in [1.54, 1.807) is 6.26 Å². The summed E-state index contributed by atoms with van der Waals surface area (Å²) in [5.41, 5.74) is 3.98. The third-order valence-electron chi connectivity index (χ3n) is 4.47. The van der Waals surface area contributed by atoms with E-state index < -0.39 is 5.97 Å². The molecule has 1 fully saturated rings. The van der Waals surface area contributed by atoms with Crippen LogP contribution in [0.3, 0.4) is 0 Å². The van der Waals surface area contributed by atoms with Crippen LogP contribution < -0.4 is 5.32 Å². The Morgan fingerprint density at radius 3 is 2.64 bits per heavy atom. The summed E-state index contributed by atoms with van der Waals surface area (Å²) in [5, 5.41) is 12.7. The Kier molecular flexibility index (Phi) is 3.64. The average Bonchev–Trinajstić information content (AvgIpc) is 2.76. The molecule has 0 saturated heterocycles. The maximum absolute atomic E-state index is 12.1. The van der Waals surface area contributed by atoms with E-state index in [1.165, 1.54) is 5.56 Å². The molecular formula is C17H19NO4. The molecule has 1 saturated carbocycles. The first kappa shape index (κ1) is 14.6. The summed E-state index contributed by atoms with van der Waals surface area (Å²) < 4.78 is 5.52. The van der Waals surface area contributed by atoms with Gasteiger partial charge in [0.1, 0.15) is 5.58 Å². The number of hydrogen-bond donors (Lipinski definition) is 2. The summed E-state index contributed by atoms with van der Waals surface area (Å²) in [6.45, 7) is 4.06. The minimum absolute atomic E-state index is 0.0178. The number of hydrogen-bond acceptors (Lipinski definition) is 3. The fraction of sp³-hybridized carbons (Fsp3) is 0.412. The minimum atomic E-state index is -0.780. The maximum Gasteiger partial charge on any atom is 0.306 e. The zero-order valence-corrected chi connectivity index (χ0v) is 12.7. The Morgan fingerprint density at radius 1 is 1.27 bits per heavy atom. The lowest BCUT2D eigenvalue weighted by atomic mass is 9.80. The van der Waals surface area contributed by atoms with Gasteiger partial charge in [0.25, 0.3) is 0 Å². The summed E-state index contributed by atoms with van der Waals surface area (Å²) in [6.07, 6.45) is 2.92. The van der Waals surface area contributed by atoms with Crippen LogP contribution in [0.5, 0.6) is 0 Å². The SMILES string of the molecule is Cc1cc2occ(CC(=O)NC3CC(C(=O)O)C3)c2cc1C. The number of carbonyl (C=O) groups excluding carboxylic acids is 1. The summed E-state index contributed by atoms with van der Waals surface area (Å²) in [4.78, 5) is 22.8. The van der Waals surface area contributed by atoms with Crippen LogP contribution in [-0.2, 0) is 16.0 Å². The lowest BCUT2D eigenvalue weighted by molar-refractivity contribution is -0.146. The molecule has 1 heterocycles. The van der Waals surface area contributed by atoms with Crippen molar-refractivity contribution in [1.29, 1.82) is 0 Å². The third kappa shape index (κ3) is 2.71. The van der Waals surface area contributed by atoms with Crippen LogP contribution in [0.1, 0.15) is 29.5 Å². The van der Waals surface area contributed by atoms with E-state index in [0.29, 0.717) is 12.8 Å². The average molecular weight is 301 g/mol. The van der Waals surface area contributed by atoms with E-state index in [1.807, 2.05) is 26.0 Å². The van der Waals surface area contributed by atoms with Crippen molar-refractivity contribution < 1.29 is 19.1 Å². The van der Waals surface area contributed by atoms with E-state index in [9.17, 15) is 9.59 Å². The zero-order valence-electron chi connectivity index (χ0n) is 12.7. The molecular weight excluding hydrogens is 282 g/mol. The first-order valence-electron chi connectivity index (χ1n) is 7.43. The first-order valence-corrected chi connectivity index (χ1v) is 7.43. The number of fused-ring (bicyclic) bond motifs is 1. The number of rotatable bonds is 4. The van der Waals surface area contributed by atoms with Gasteiger partial charge in [0, 0.05) is 17.0 Å². The van der Waals surface area contributed by atoms with Crippen molar-refractivity contribution in [2.45, 2.75) is 39.2 Å². The minimum Gasteiger partial charge on any atom is -0.481 e. The Balaban J connectivity index is 1.65. The molecule has 2 aromatic rings. The molecule has 5 nitrogen and oxygen atoms in total. The van der Waals surface area contributed by atoms with Gasteiger partial charge in [-0.2, -0.15) is 0 Å². The molecule has 116 valence electrons. The predicted molar refractivity (Wildman–Crippen MR) is 81.7 cm³/mol. The molecule has 0 unspecified atom stereocenters. The van der Waals surface area contributed by atoms with Gasteiger partial charge < -0.3 is 14.8 Å². The summed E-state index contributed by atoms with van der Waals surface area (Å²) in [6, 6.07) is 4.01. The number of amides is 1. The molecule has 0 bridgehead atoms. The highest BCUT2D eigenvalue weighted by Gasteiger charge is 2.35. The molecule has 2 N–H and O–H groups in total. The van der Waals surface area contributed by atoms with Crippen molar-refractivity contribution in [3.8, 4) is 0 Å². The van der Waals surface area contributed by atoms with Crippen molar-refractivity contribution in [3.05, 3.63) is 35.1 Å². The smallest absolute Gasteiger partial charge is 0.306 e. The second kappa shape index (κ2) is 5.48. The number of carboxylic acids is 1. The molecule has 1 aliphatic rings. The van der Waals surface area contributed by atoms with E-state index in [4.69, 9.17) is 9.52 Å². The highest BCUT2D eigenvalue weighted by molar-refractivity contribution is 5.88. The van der Waals surface area contributed by atoms with Gasteiger partial charge in [-0.05, 0) is 49.9 Å². The molecule has 0 spiro atoms. The number of nitrogens with one attached hydrogen (secondary N) is 1. The van der Waals surface area contributed by atoms with Gasteiger partial charge in [-0.25, -0.2) is 0 Å². The Bertz CT molecular complexity index is 740. The van der Waals surface area contributed by atoms with Gasteiger partial charge in [-0.3, -0.25) is 9.59 Å². The van der Waals surface area contributed by atoms with E-state index in [2.05, 4.69) is 5.32 Å². The van der Waals surface area contributed by atoms with Crippen molar-refractivity contribution in [2.75, 3.05) is 0 Å². The molecule has 0 aliphatic heterocycles. The first-order chi connectivity index (χ1) is 10.4. The fourth-order valence-electron chi connectivity index (χ4n) is 2.86. The number of furan rings is 1. The topological polar surface area (TPSA) is 79.5 Å². The largest absolute Gasteiger partial charge is 0.481 e. The van der Waals surface area contributed by atoms with E-state index >= 15 is 0 Å². The van der Waals surface area contributed by atoms with Crippen molar-refractivity contribution in [2.24, 2.45) is 5.92 Å². The molecule has 1 aliphatic carbocycles. The number of aryl methyl sites for hydroxylation is 2. The number of carbonyl (C=O) groups is 2. The highest BCUT2D eigenvalue weighted by Crippen LogP contribution is 2.28. The lowest BCUT2D eigenvalue weighted by Gasteiger charge is -2.32. The highest BCUT2D eigenvalue weighted by atomic mass is 16.4. The molecule has 0 radical (unpaired) electrons. The van der Waals surface area contributed by atoms with Crippen molar-refractivity contribution in [3.63, 3.8) is 0 Å². The fourth-order valence-corrected chi connectivity index (χ4v) is 2.86. The Labute approximate surface area is 128 Å². The predicted octanol–water partition coefficient (Wildman–Crippen LogP) is 2.57.